The predicted molar refractivity (Wildman–Crippen MR) is 101 cm³/mol. The minimum absolute atomic E-state index is 0.0296. The van der Waals surface area contributed by atoms with Crippen LogP contribution in [-0.2, 0) is 22.0 Å². The van der Waals surface area contributed by atoms with E-state index in [1.807, 2.05) is 12.1 Å². The summed E-state index contributed by atoms with van der Waals surface area (Å²) in [6.07, 6.45) is 1.63. The maximum Gasteiger partial charge on any atom is 0.181 e. The van der Waals surface area contributed by atoms with Crippen LogP contribution in [0.4, 0.5) is 0 Å². The summed E-state index contributed by atoms with van der Waals surface area (Å²) in [5.41, 5.74) is 3.50. The smallest absolute Gasteiger partial charge is 0.181 e. The maximum absolute atomic E-state index is 12.5. The van der Waals surface area contributed by atoms with Gasteiger partial charge in [0, 0.05) is 12.0 Å². The Balaban J connectivity index is 1.72. The van der Waals surface area contributed by atoms with Crippen molar-refractivity contribution in [3.05, 3.63) is 65.5 Å². The van der Waals surface area contributed by atoms with Gasteiger partial charge in [0.1, 0.15) is 5.52 Å². The van der Waals surface area contributed by atoms with Crippen molar-refractivity contribution in [3.63, 3.8) is 0 Å². The molecule has 0 aliphatic carbocycles. The van der Waals surface area contributed by atoms with Gasteiger partial charge < -0.3 is 4.42 Å². The third kappa shape index (κ3) is 3.85. The second-order valence-corrected chi connectivity index (χ2v) is 10.1. The first-order chi connectivity index (χ1) is 12.2. The molecular formula is C20H21NO4S. The Kier molecular flexibility index (Phi) is 4.71. The predicted octanol–water partition coefficient (Wildman–Crippen LogP) is 3.97. The Hall–Kier alpha value is -2.47. The summed E-state index contributed by atoms with van der Waals surface area (Å²) in [4.78, 5) is 16.6. The minimum Gasteiger partial charge on any atom is -0.443 e. The Bertz CT molecular complexity index is 1040. The van der Waals surface area contributed by atoms with Crippen LogP contribution >= 0.6 is 0 Å². The monoisotopic (exact) mass is 371 g/mol. The van der Waals surface area contributed by atoms with E-state index in [1.165, 1.54) is 6.39 Å². The molecule has 0 aliphatic rings. The zero-order valence-electron chi connectivity index (χ0n) is 15.0. The van der Waals surface area contributed by atoms with Crippen molar-refractivity contribution in [2.24, 2.45) is 0 Å². The van der Waals surface area contributed by atoms with E-state index in [0.717, 1.165) is 11.1 Å². The first-order valence-electron chi connectivity index (χ1n) is 8.32. The molecule has 0 N–H and O–H groups in total. The van der Waals surface area contributed by atoms with Crippen molar-refractivity contribution < 1.29 is 17.6 Å². The largest absolute Gasteiger partial charge is 0.443 e. The van der Waals surface area contributed by atoms with Crippen LogP contribution in [0.15, 0.2) is 53.3 Å². The average Bonchev–Trinajstić information content (AvgIpc) is 3.01. The SMILES string of the molecule is CC(C)(C)S(=O)(=O)Cc1ccc(C(=O)Cc2ccc3ocnc3c2)cc1. The van der Waals surface area contributed by atoms with Gasteiger partial charge in [-0.2, -0.15) is 0 Å². The van der Waals surface area contributed by atoms with Gasteiger partial charge >= 0.3 is 0 Å². The molecule has 0 aliphatic heterocycles. The molecule has 6 heteroatoms. The molecule has 2 aromatic carbocycles. The van der Waals surface area contributed by atoms with Crippen molar-refractivity contribution in [1.29, 1.82) is 0 Å². The van der Waals surface area contributed by atoms with Gasteiger partial charge in [0.2, 0.25) is 0 Å². The van der Waals surface area contributed by atoms with E-state index >= 15 is 0 Å². The highest BCUT2D eigenvalue weighted by atomic mass is 32.2. The number of sulfone groups is 1. The lowest BCUT2D eigenvalue weighted by molar-refractivity contribution is 0.0993. The number of rotatable bonds is 5. The number of hydrogen-bond acceptors (Lipinski definition) is 5. The Morgan fingerprint density at radius 2 is 1.69 bits per heavy atom. The van der Waals surface area contributed by atoms with Gasteiger partial charge in [0.05, 0.1) is 10.5 Å². The molecule has 0 unspecified atom stereocenters. The van der Waals surface area contributed by atoms with Gasteiger partial charge in [-0.15, -0.1) is 0 Å². The van der Waals surface area contributed by atoms with E-state index in [9.17, 15) is 13.2 Å². The number of fused-ring (bicyclic) bond motifs is 1. The van der Waals surface area contributed by atoms with Crippen molar-refractivity contribution in [3.8, 4) is 0 Å². The molecule has 0 radical (unpaired) electrons. The quantitative estimate of drug-likeness (QED) is 0.634. The van der Waals surface area contributed by atoms with E-state index in [1.54, 1.807) is 51.1 Å². The van der Waals surface area contributed by atoms with E-state index in [4.69, 9.17) is 4.42 Å². The fourth-order valence-electron chi connectivity index (χ4n) is 2.52. The molecule has 5 nitrogen and oxygen atoms in total. The third-order valence-corrected chi connectivity index (χ3v) is 6.90. The average molecular weight is 371 g/mol. The summed E-state index contributed by atoms with van der Waals surface area (Å²) in [6.45, 7) is 5.06. The Morgan fingerprint density at radius 3 is 2.35 bits per heavy atom. The van der Waals surface area contributed by atoms with Crippen LogP contribution in [0.5, 0.6) is 0 Å². The number of oxazole rings is 1. The molecule has 0 spiro atoms. The minimum atomic E-state index is -3.25. The fraction of sp³-hybridized carbons (Fsp3) is 0.300. The zero-order valence-corrected chi connectivity index (χ0v) is 15.8. The lowest BCUT2D eigenvalue weighted by Gasteiger charge is -2.19. The highest BCUT2D eigenvalue weighted by molar-refractivity contribution is 7.91. The number of Topliss-reactive ketones (excluding diaryl/α,β-unsaturated/α-hetero) is 1. The second-order valence-electron chi connectivity index (χ2n) is 7.32. The van der Waals surface area contributed by atoms with Crippen LogP contribution in [0, 0.1) is 0 Å². The van der Waals surface area contributed by atoms with Crippen molar-refractivity contribution in [1.82, 2.24) is 4.98 Å². The molecular weight excluding hydrogens is 350 g/mol. The van der Waals surface area contributed by atoms with Gasteiger partial charge in [-0.1, -0.05) is 30.3 Å². The van der Waals surface area contributed by atoms with Crippen LogP contribution < -0.4 is 0 Å². The topological polar surface area (TPSA) is 77.2 Å². The molecule has 136 valence electrons. The van der Waals surface area contributed by atoms with Crippen molar-refractivity contribution in [2.45, 2.75) is 37.7 Å². The summed E-state index contributed by atoms with van der Waals surface area (Å²) >= 11 is 0. The van der Waals surface area contributed by atoms with Crippen molar-refractivity contribution >= 4 is 26.7 Å². The Labute approximate surface area is 153 Å². The van der Waals surface area contributed by atoms with E-state index < -0.39 is 14.6 Å². The van der Waals surface area contributed by atoms with Gasteiger partial charge in [-0.3, -0.25) is 4.79 Å². The number of nitrogens with zero attached hydrogens (tertiary/aromatic N) is 1. The first kappa shape index (κ1) is 18.3. The van der Waals surface area contributed by atoms with E-state index in [0.29, 0.717) is 16.7 Å². The second kappa shape index (κ2) is 6.68. The molecule has 0 fully saturated rings. The summed E-state index contributed by atoms with van der Waals surface area (Å²) in [5.74, 6) is -0.0635. The third-order valence-electron chi connectivity index (χ3n) is 4.33. The molecule has 0 bridgehead atoms. The molecule has 1 aromatic heterocycles. The van der Waals surface area contributed by atoms with Gasteiger partial charge in [-0.05, 0) is 44.0 Å². The summed E-state index contributed by atoms with van der Waals surface area (Å²) in [5, 5.41) is 0. The van der Waals surface area contributed by atoms with Crippen LogP contribution in [0.25, 0.3) is 11.1 Å². The highest BCUT2D eigenvalue weighted by Crippen LogP contribution is 2.21. The molecule has 0 saturated heterocycles. The number of carbonyl (C=O) groups excluding carboxylic acids is 1. The zero-order chi connectivity index (χ0) is 18.9. The lowest BCUT2D eigenvalue weighted by atomic mass is 10.0. The fourth-order valence-corrected chi connectivity index (χ4v) is 3.59. The molecule has 3 aromatic rings. The molecule has 0 amide bonds. The summed E-state index contributed by atoms with van der Waals surface area (Å²) in [7, 11) is -3.25. The summed E-state index contributed by atoms with van der Waals surface area (Å²) < 4.78 is 29.0. The van der Waals surface area contributed by atoms with Gasteiger partial charge in [0.15, 0.2) is 27.6 Å². The van der Waals surface area contributed by atoms with Crippen LogP contribution in [0.3, 0.4) is 0 Å². The normalized spacial score (nSPS) is 12.4. The van der Waals surface area contributed by atoms with Crippen LogP contribution in [0.2, 0.25) is 0 Å². The number of benzene rings is 2. The van der Waals surface area contributed by atoms with E-state index in [-0.39, 0.29) is 18.0 Å². The molecule has 3 rings (SSSR count). The molecule has 0 saturated carbocycles. The standard InChI is InChI=1S/C20H21NO4S/c1-20(2,3)26(23,24)12-14-4-7-16(8-5-14)18(22)11-15-6-9-19-17(10-15)21-13-25-19/h4-10,13H,11-12H2,1-3H3. The van der Waals surface area contributed by atoms with Crippen LogP contribution in [-0.4, -0.2) is 23.9 Å². The maximum atomic E-state index is 12.5. The Morgan fingerprint density at radius 1 is 1.04 bits per heavy atom. The van der Waals surface area contributed by atoms with Gasteiger partial charge in [0.25, 0.3) is 0 Å². The van der Waals surface area contributed by atoms with Crippen molar-refractivity contribution in [2.75, 3.05) is 0 Å². The number of carbonyl (C=O) groups is 1. The van der Waals surface area contributed by atoms with Crippen LogP contribution in [0.1, 0.15) is 42.3 Å². The number of aromatic nitrogens is 1. The molecule has 26 heavy (non-hydrogen) atoms. The van der Waals surface area contributed by atoms with E-state index in [2.05, 4.69) is 4.98 Å². The lowest BCUT2D eigenvalue weighted by Crippen LogP contribution is -2.29. The number of ketones is 1. The molecule has 1 heterocycles. The first-order valence-corrected chi connectivity index (χ1v) is 9.97. The van der Waals surface area contributed by atoms with Gasteiger partial charge in [-0.25, -0.2) is 13.4 Å². The summed E-state index contributed by atoms with van der Waals surface area (Å²) in [6, 6.07) is 12.3. The number of hydrogen-bond donors (Lipinski definition) is 0. The highest BCUT2D eigenvalue weighted by Gasteiger charge is 2.28. The molecule has 0 atom stereocenters.